The van der Waals surface area contributed by atoms with Crippen molar-refractivity contribution in [2.24, 2.45) is 0 Å². The minimum absolute atomic E-state index is 0.0552. The first-order valence-electron chi connectivity index (χ1n) is 9.54. The number of hydrogen-bond donors (Lipinski definition) is 1. The predicted molar refractivity (Wildman–Crippen MR) is 100 cm³/mol. The summed E-state index contributed by atoms with van der Waals surface area (Å²) in [5, 5.41) is 7.30. The van der Waals surface area contributed by atoms with Crippen molar-refractivity contribution >= 4 is 17.5 Å². The Morgan fingerprint density at radius 3 is 2.74 bits per heavy atom. The highest BCUT2D eigenvalue weighted by atomic mass is 16.5. The van der Waals surface area contributed by atoms with Crippen LogP contribution < -0.4 is 5.32 Å². The molecule has 1 unspecified atom stereocenters. The van der Waals surface area contributed by atoms with E-state index in [9.17, 15) is 9.59 Å². The quantitative estimate of drug-likeness (QED) is 0.903. The minimum Gasteiger partial charge on any atom is -0.368 e. The van der Waals surface area contributed by atoms with Crippen LogP contribution in [0.2, 0.25) is 0 Å². The number of aryl methyl sites for hydroxylation is 1. The van der Waals surface area contributed by atoms with E-state index in [4.69, 9.17) is 4.74 Å². The van der Waals surface area contributed by atoms with Gasteiger partial charge < -0.3 is 15.0 Å². The number of amides is 2. The smallest absolute Gasteiger partial charge is 0.276 e. The first kappa shape index (κ1) is 17.7. The van der Waals surface area contributed by atoms with Crippen LogP contribution in [0.15, 0.2) is 36.4 Å². The van der Waals surface area contributed by atoms with Crippen LogP contribution in [0.4, 0.5) is 5.69 Å². The molecule has 2 aliphatic heterocycles. The Kier molecular flexibility index (Phi) is 5.20. The fourth-order valence-corrected chi connectivity index (χ4v) is 3.62. The normalized spacial score (nSPS) is 19.9. The molecule has 27 heavy (non-hydrogen) atoms. The molecule has 142 valence electrons. The van der Waals surface area contributed by atoms with Gasteiger partial charge in [0.2, 0.25) is 0 Å². The average molecular weight is 368 g/mol. The van der Waals surface area contributed by atoms with Gasteiger partial charge in [-0.15, -0.1) is 0 Å². The zero-order valence-corrected chi connectivity index (χ0v) is 15.3. The van der Waals surface area contributed by atoms with Gasteiger partial charge in [0.25, 0.3) is 11.8 Å². The number of hydrogen-bond acceptors (Lipinski definition) is 4. The van der Waals surface area contributed by atoms with Crippen LogP contribution in [0.3, 0.4) is 0 Å². The number of nitrogens with one attached hydrogen (secondary N) is 1. The molecule has 4 rings (SSSR count). The molecule has 3 heterocycles. The van der Waals surface area contributed by atoms with E-state index in [0.717, 1.165) is 37.1 Å². The Bertz CT molecular complexity index is 812. The van der Waals surface area contributed by atoms with E-state index in [1.54, 1.807) is 6.07 Å². The highest BCUT2D eigenvalue weighted by Gasteiger charge is 2.29. The molecular formula is C20H24N4O3. The molecule has 0 aliphatic carbocycles. The van der Waals surface area contributed by atoms with Gasteiger partial charge in [-0.2, -0.15) is 5.10 Å². The summed E-state index contributed by atoms with van der Waals surface area (Å²) >= 11 is 0. The van der Waals surface area contributed by atoms with E-state index in [1.165, 1.54) is 0 Å². The third kappa shape index (κ3) is 4.03. The molecule has 2 aromatic rings. The van der Waals surface area contributed by atoms with Crippen LogP contribution in [-0.4, -0.2) is 45.8 Å². The van der Waals surface area contributed by atoms with E-state index in [0.29, 0.717) is 31.9 Å². The van der Waals surface area contributed by atoms with Crippen molar-refractivity contribution in [1.82, 2.24) is 14.7 Å². The van der Waals surface area contributed by atoms with Gasteiger partial charge in [-0.25, -0.2) is 0 Å². The van der Waals surface area contributed by atoms with E-state index in [1.807, 2.05) is 39.9 Å². The SMILES string of the molecule is O=C(Nc1ccccc1)c1cc2n(n1)CCCN(C(=O)C1CCCCO1)C2. The number of rotatable bonds is 3. The van der Waals surface area contributed by atoms with E-state index >= 15 is 0 Å². The zero-order valence-electron chi connectivity index (χ0n) is 15.3. The lowest BCUT2D eigenvalue weighted by Gasteiger charge is -2.28. The standard InChI is InChI=1S/C20H24N4O3/c25-19(21-15-7-2-1-3-8-15)17-13-16-14-23(10-6-11-24(16)22-17)20(26)18-9-4-5-12-27-18/h1-3,7-8,13,18H,4-6,9-12,14H2,(H,21,25). The molecule has 1 atom stereocenters. The molecule has 2 amide bonds. The van der Waals surface area contributed by atoms with Gasteiger partial charge in [-0.3, -0.25) is 14.3 Å². The topological polar surface area (TPSA) is 76.5 Å². The summed E-state index contributed by atoms with van der Waals surface area (Å²) in [5.74, 6) is -0.185. The Hall–Kier alpha value is -2.67. The van der Waals surface area contributed by atoms with Gasteiger partial charge in [0.05, 0.1) is 12.2 Å². The summed E-state index contributed by atoms with van der Waals surface area (Å²) in [7, 11) is 0. The molecular weight excluding hydrogens is 344 g/mol. The van der Waals surface area contributed by atoms with Crippen molar-refractivity contribution in [3.8, 4) is 0 Å². The Balaban J connectivity index is 1.46. The van der Waals surface area contributed by atoms with Gasteiger partial charge in [0.15, 0.2) is 5.69 Å². The molecule has 0 saturated carbocycles. The van der Waals surface area contributed by atoms with Gasteiger partial charge in [0.1, 0.15) is 6.10 Å². The Morgan fingerprint density at radius 2 is 1.96 bits per heavy atom. The first-order valence-corrected chi connectivity index (χ1v) is 9.54. The number of fused-ring (bicyclic) bond motifs is 1. The van der Waals surface area contributed by atoms with Crippen LogP contribution in [0, 0.1) is 0 Å². The number of para-hydroxylation sites is 1. The van der Waals surface area contributed by atoms with Crippen LogP contribution in [0.5, 0.6) is 0 Å². The van der Waals surface area contributed by atoms with E-state index in [-0.39, 0.29) is 17.9 Å². The summed E-state index contributed by atoms with van der Waals surface area (Å²) in [4.78, 5) is 27.1. The van der Waals surface area contributed by atoms with Crippen LogP contribution >= 0.6 is 0 Å². The van der Waals surface area contributed by atoms with E-state index < -0.39 is 0 Å². The minimum atomic E-state index is -0.325. The maximum Gasteiger partial charge on any atom is 0.276 e. The average Bonchev–Trinajstić information content (AvgIpc) is 3.01. The van der Waals surface area contributed by atoms with Gasteiger partial charge in [0, 0.05) is 25.4 Å². The van der Waals surface area contributed by atoms with Crippen LogP contribution in [0.25, 0.3) is 0 Å². The molecule has 7 heteroatoms. The molecule has 7 nitrogen and oxygen atoms in total. The molecule has 1 saturated heterocycles. The molecule has 1 aromatic heterocycles. The van der Waals surface area contributed by atoms with Crippen molar-refractivity contribution in [3.05, 3.63) is 47.8 Å². The maximum atomic E-state index is 12.8. The maximum absolute atomic E-state index is 12.8. The Morgan fingerprint density at radius 1 is 1.11 bits per heavy atom. The third-order valence-electron chi connectivity index (χ3n) is 5.05. The molecule has 1 fully saturated rings. The fourth-order valence-electron chi connectivity index (χ4n) is 3.62. The largest absolute Gasteiger partial charge is 0.368 e. The second-order valence-corrected chi connectivity index (χ2v) is 7.03. The second kappa shape index (κ2) is 7.92. The van der Waals surface area contributed by atoms with E-state index in [2.05, 4.69) is 10.4 Å². The lowest BCUT2D eigenvalue weighted by molar-refractivity contribution is -0.147. The summed E-state index contributed by atoms with van der Waals surface area (Å²) in [6.07, 6.45) is 3.34. The molecule has 1 N–H and O–H groups in total. The lowest BCUT2D eigenvalue weighted by atomic mass is 10.1. The number of carbonyl (C=O) groups is 2. The lowest BCUT2D eigenvalue weighted by Crippen LogP contribution is -2.41. The molecule has 0 radical (unpaired) electrons. The number of anilines is 1. The number of aromatic nitrogens is 2. The number of benzene rings is 1. The number of ether oxygens (including phenoxy) is 1. The summed E-state index contributed by atoms with van der Waals surface area (Å²) in [5.41, 5.74) is 1.99. The predicted octanol–water partition coefficient (Wildman–Crippen LogP) is 2.44. The molecule has 1 aromatic carbocycles. The molecule has 2 aliphatic rings. The highest BCUT2D eigenvalue weighted by molar-refractivity contribution is 6.02. The van der Waals surface area contributed by atoms with Crippen molar-refractivity contribution in [2.75, 3.05) is 18.5 Å². The molecule has 0 spiro atoms. The summed E-state index contributed by atoms with van der Waals surface area (Å²) in [6, 6.07) is 11.1. The van der Waals surface area contributed by atoms with Crippen molar-refractivity contribution in [2.45, 2.75) is 44.9 Å². The number of nitrogens with zero attached hydrogens (tertiary/aromatic N) is 3. The van der Waals surface area contributed by atoms with Crippen molar-refractivity contribution in [1.29, 1.82) is 0 Å². The van der Waals surface area contributed by atoms with Crippen molar-refractivity contribution in [3.63, 3.8) is 0 Å². The summed E-state index contributed by atoms with van der Waals surface area (Å²) < 4.78 is 7.50. The first-order chi connectivity index (χ1) is 13.2. The van der Waals surface area contributed by atoms with Gasteiger partial charge >= 0.3 is 0 Å². The van der Waals surface area contributed by atoms with Gasteiger partial charge in [-0.05, 0) is 43.9 Å². The van der Waals surface area contributed by atoms with Crippen LogP contribution in [0.1, 0.15) is 41.9 Å². The summed E-state index contributed by atoms with van der Waals surface area (Å²) in [6.45, 7) is 2.51. The number of carbonyl (C=O) groups excluding carboxylic acids is 2. The zero-order chi connectivity index (χ0) is 18.6. The van der Waals surface area contributed by atoms with Gasteiger partial charge in [-0.1, -0.05) is 18.2 Å². The fraction of sp³-hybridized carbons (Fsp3) is 0.450. The second-order valence-electron chi connectivity index (χ2n) is 7.03. The molecule has 0 bridgehead atoms. The monoisotopic (exact) mass is 368 g/mol. The highest BCUT2D eigenvalue weighted by Crippen LogP contribution is 2.20. The van der Waals surface area contributed by atoms with Crippen LogP contribution in [-0.2, 0) is 22.6 Å². The Labute approximate surface area is 158 Å². The third-order valence-corrected chi connectivity index (χ3v) is 5.05. The van der Waals surface area contributed by atoms with Crippen molar-refractivity contribution < 1.29 is 14.3 Å².